The first-order valence-electron chi connectivity index (χ1n) is 14.7. The summed E-state index contributed by atoms with van der Waals surface area (Å²) in [4.78, 5) is 0. The number of ether oxygens (including phenoxy) is 1. The van der Waals surface area contributed by atoms with Gasteiger partial charge in [0, 0.05) is 5.92 Å². The van der Waals surface area contributed by atoms with Crippen LogP contribution >= 0.6 is 0 Å². The van der Waals surface area contributed by atoms with E-state index in [4.69, 9.17) is 13.6 Å². The summed E-state index contributed by atoms with van der Waals surface area (Å²) in [5.74, 6) is 0.0929. The summed E-state index contributed by atoms with van der Waals surface area (Å²) in [7, 11) is -4.16. The number of allylic oxidation sites excluding steroid dienone is 1. The fourth-order valence-corrected chi connectivity index (χ4v) is 9.35. The fourth-order valence-electron chi connectivity index (χ4n) is 5.20. The largest absolute Gasteiger partial charge is 0.491 e. The molecule has 228 valence electrons. The molecule has 1 unspecified atom stereocenters. The molecular weight excluding hydrogens is 550 g/mol. The quantitative estimate of drug-likeness (QED) is 0.171. The molecule has 1 N–H and O–H groups in total. The van der Waals surface area contributed by atoms with Crippen molar-refractivity contribution in [2.24, 2.45) is 11.8 Å². The van der Waals surface area contributed by atoms with Gasteiger partial charge >= 0.3 is 6.18 Å². The molecule has 0 aromatic heterocycles. The second kappa shape index (κ2) is 14.2. The monoisotopic (exact) mass is 600 g/mol. The third-order valence-corrected chi connectivity index (χ3v) is 18.2. The van der Waals surface area contributed by atoms with Crippen molar-refractivity contribution in [1.29, 1.82) is 0 Å². The molecule has 5 atom stereocenters. The van der Waals surface area contributed by atoms with Crippen molar-refractivity contribution in [3.05, 3.63) is 54.6 Å². The van der Waals surface area contributed by atoms with E-state index in [1.165, 1.54) is 12.1 Å². The molecule has 0 radical (unpaired) electrons. The topological polar surface area (TPSA) is 47.9 Å². The second-order valence-corrected chi connectivity index (χ2v) is 22.1. The first-order chi connectivity index (χ1) is 18.5. The highest BCUT2D eigenvalue weighted by molar-refractivity contribution is 6.74. The SMILES string of the molecule is C=CC[C@@H]1[C@@H](C=CC(COc2cccc(C(F)(F)F)c2)O[Si](CC)(CC)CC)[C@H](O[Si](C)(C)C(C)(C)C)C[C@@H]1O. The number of aliphatic hydroxyl groups excluding tert-OH is 1. The van der Waals surface area contributed by atoms with Gasteiger partial charge in [-0.05, 0) is 73.2 Å². The molecular formula is C31H51F3O4Si2. The van der Waals surface area contributed by atoms with Crippen molar-refractivity contribution in [3.63, 3.8) is 0 Å². The number of aliphatic hydroxyl groups is 1. The predicted molar refractivity (Wildman–Crippen MR) is 163 cm³/mol. The van der Waals surface area contributed by atoms with Gasteiger partial charge in [0.15, 0.2) is 16.6 Å². The number of alkyl halides is 3. The van der Waals surface area contributed by atoms with Crippen molar-refractivity contribution >= 4 is 16.6 Å². The van der Waals surface area contributed by atoms with Crippen molar-refractivity contribution in [2.45, 2.75) is 115 Å². The second-order valence-electron chi connectivity index (χ2n) is 12.6. The van der Waals surface area contributed by atoms with Gasteiger partial charge in [-0.15, -0.1) is 6.58 Å². The van der Waals surface area contributed by atoms with Gasteiger partial charge in [-0.3, -0.25) is 0 Å². The molecule has 1 fully saturated rings. The highest BCUT2D eigenvalue weighted by Gasteiger charge is 2.47. The Morgan fingerprint density at radius 2 is 1.73 bits per heavy atom. The van der Waals surface area contributed by atoms with Crippen LogP contribution in [-0.4, -0.2) is 46.7 Å². The Hall–Kier alpha value is -1.40. The Morgan fingerprint density at radius 3 is 2.25 bits per heavy atom. The summed E-state index contributed by atoms with van der Waals surface area (Å²) >= 11 is 0. The summed E-state index contributed by atoms with van der Waals surface area (Å²) in [6.07, 6.45) is 1.66. The predicted octanol–water partition coefficient (Wildman–Crippen LogP) is 8.99. The summed E-state index contributed by atoms with van der Waals surface area (Å²) in [5, 5.41) is 11.0. The van der Waals surface area contributed by atoms with Crippen LogP contribution in [0.1, 0.15) is 59.9 Å². The van der Waals surface area contributed by atoms with E-state index < -0.39 is 40.6 Å². The lowest BCUT2D eigenvalue weighted by Crippen LogP contribution is -2.45. The molecule has 0 bridgehead atoms. The molecule has 0 heterocycles. The van der Waals surface area contributed by atoms with Crippen LogP contribution in [0, 0.1) is 11.8 Å². The Balaban J connectivity index is 2.38. The van der Waals surface area contributed by atoms with Crippen LogP contribution in [0.25, 0.3) is 0 Å². The van der Waals surface area contributed by atoms with Crippen LogP contribution in [0.2, 0.25) is 36.3 Å². The van der Waals surface area contributed by atoms with Gasteiger partial charge in [-0.25, -0.2) is 0 Å². The van der Waals surface area contributed by atoms with Crippen molar-refractivity contribution in [1.82, 2.24) is 0 Å². The van der Waals surface area contributed by atoms with Gasteiger partial charge in [-0.1, -0.05) is 65.8 Å². The third kappa shape index (κ3) is 9.05. The Morgan fingerprint density at radius 1 is 1.10 bits per heavy atom. The minimum Gasteiger partial charge on any atom is -0.491 e. The lowest BCUT2D eigenvalue weighted by atomic mass is 9.90. The van der Waals surface area contributed by atoms with Gasteiger partial charge in [0.1, 0.15) is 12.4 Å². The molecule has 4 nitrogen and oxygen atoms in total. The molecule has 9 heteroatoms. The first-order valence-corrected chi connectivity index (χ1v) is 20.1. The van der Waals surface area contributed by atoms with Crippen molar-refractivity contribution < 1.29 is 31.9 Å². The minimum absolute atomic E-state index is 0.0286. The Bertz CT molecular complexity index is 962. The average molecular weight is 601 g/mol. The molecule has 1 saturated carbocycles. The normalized spacial score (nSPS) is 23.5. The minimum atomic E-state index is -4.44. The lowest BCUT2D eigenvalue weighted by molar-refractivity contribution is -0.137. The molecule has 0 spiro atoms. The molecule has 0 amide bonds. The van der Waals surface area contributed by atoms with Gasteiger partial charge in [-0.2, -0.15) is 13.2 Å². The van der Waals surface area contributed by atoms with Crippen molar-refractivity contribution in [3.8, 4) is 5.75 Å². The zero-order valence-electron chi connectivity index (χ0n) is 25.7. The van der Waals surface area contributed by atoms with E-state index >= 15 is 0 Å². The van der Waals surface area contributed by atoms with Gasteiger partial charge < -0.3 is 18.7 Å². The Kier molecular flexibility index (Phi) is 12.3. The number of hydrogen-bond acceptors (Lipinski definition) is 4. The zero-order chi connectivity index (χ0) is 30.4. The highest BCUT2D eigenvalue weighted by atomic mass is 28.4. The van der Waals surface area contributed by atoms with E-state index in [0.29, 0.717) is 12.8 Å². The zero-order valence-corrected chi connectivity index (χ0v) is 27.7. The molecule has 0 saturated heterocycles. The van der Waals surface area contributed by atoms with E-state index in [1.807, 2.05) is 12.2 Å². The summed E-state index contributed by atoms with van der Waals surface area (Å²) in [5.41, 5.74) is -0.741. The maximum atomic E-state index is 13.3. The van der Waals surface area contributed by atoms with Crippen LogP contribution < -0.4 is 4.74 Å². The van der Waals surface area contributed by atoms with Crippen molar-refractivity contribution in [2.75, 3.05) is 6.61 Å². The summed E-state index contributed by atoms with van der Waals surface area (Å²) in [6, 6.07) is 7.77. The summed E-state index contributed by atoms with van der Waals surface area (Å²) in [6.45, 7) is 21.5. The van der Waals surface area contributed by atoms with Crippen LogP contribution in [0.3, 0.4) is 0 Å². The molecule has 2 rings (SSSR count). The van der Waals surface area contributed by atoms with Gasteiger partial charge in [0.05, 0.1) is 23.9 Å². The van der Waals surface area contributed by atoms with E-state index in [-0.39, 0.29) is 35.3 Å². The maximum Gasteiger partial charge on any atom is 0.416 e. The number of rotatable bonds is 14. The van der Waals surface area contributed by atoms with E-state index in [2.05, 4.69) is 67.3 Å². The van der Waals surface area contributed by atoms with Crippen LogP contribution in [-0.2, 0) is 15.0 Å². The number of benzene rings is 1. The fraction of sp³-hybridized carbons (Fsp3) is 0.677. The first kappa shape index (κ1) is 34.8. The standard InChI is InChI=1S/C31H51F3O4Si2/c1-10-15-26-27(29(21-28(26)35)38-39(8,9)30(5,6)7)19-18-25(37-40(11-2,12-3)13-4)22-36-24-17-14-16-23(20-24)31(32,33)34/h10,14,16-20,25-29,35H,1,11-13,15,21-22H2,2-9H3/t25?,26-,27-,28+,29-/m1/s1. The van der Waals surface area contributed by atoms with Crippen LogP contribution in [0.15, 0.2) is 49.1 Å². The number of halogens is 3. The van der Waals surface area contributed by atoms with E-state index in [0.717, 1.165) is 30.3 Å². The molecule has 1 aliphatic rings. The smallest absolute Gasteiger partial charge is 0.416 e. The molecule has 1 aliphatic carbocycles. The highest BCUT2D eigenvalue weighted by Crippen LogP contribution is 2.44. The van der Waals surface area contributed by atoms with Crippen LogP contribution in [0.5, 0.6) is 5.75 Å². The van der Waals surface area contributed by atoms with Crippen LogP contribution in [0.4, 0.5) is 13.2 Å². The molecule has 0 aliphatic heterocycles. The van der Waals surface area contributed by atoms with E-state index in [1.54, 1.807) is 0 Å². The van der Waals surface area contributed by atoms with Gasteiger partial charge in [0.2, 0.25) is 0 Å². The molecule has 1 aromatic rings. The maximum absolute atomic E-state index is 13.3. The molecule has 1 aromatic carbocycles. The Labute approximate surface area is 242 Å². The average Bonchev–Trinajstić information content (AvgIpc) is 3.16. The molecule has 40 heavy (non-hydrogen) atoms. The van der Waals surface area contributed by atoms with Gasteiger partial charge in [0.25, 0.3) is 0 Å². The third-order valence-electron chi connectivity index (χ3n) is 9.04. The van der Waals surface area contributed by atoms with E-state index in [9.17, 15) is 18.3 Å². The lowest BCUT2D eigenvalue weighted by Gasteiger charge is -2.40. The summed E-state index contributed by atoms with van der Waals surface area (Å²) < 4.78 is 59.3. The number of hydrogen-bond donors (Lipinski definition) is 1.